The highest BCUT2D eigenvalue weighted by Gasteiger charge is 2.14. The Morgan fingerprint density at radius 1 is 1.50 bits per heavy atom. The van der Waals surface area contributed by atoms with Crippen molar-refractivity contribution < 1.29 is 9.53 Å². The summed E-state index contributed by atoms with van der Waals surface area (Å²) in [6.45, 7) is 4.39. The molecule has 3 nitrogen and oxygen atoms in total. The van der Waals surface area contributed by atoms with Crippen LogP contribution in [0.25, 0.3) is 0 Å². The van der Waals surface area contributed by atoms with E-state index in [1.54, 1.807) is 14.2 Å². The van der Waals surface area contributed by atoms with Crippen LogP contribution in [0.4, 0.5) is 0 Å². The van der Waals surface area contributed by atoms with Gasteiger partial charge in [0.2, 0.25) is 5.91 Å². The Morgan fingerprint density at radius 3 is 2.69 bits per heavy atom. The van der Waals surface area contributed by atoms with Crippen molar-refractivity contribution in [3.63, 3.8) is 0 Å². The maximum Gasteiger partial charge on any atom is 0.248 e. The van der Waals surface area contributed by atoms with E-state index < -0.39 is 0 Å². The Kier molecular flexibility index (Phi) is 8.91. The maximum atomic E-state index is 11.3. The second kappa shape index (κ2) is 9.40. The molecular formula is C13H25NO2. The Bertz CT molecular complexity index is 214. The molecule has 0 spiro atoms. The van der Waals surface area contributed by atoms with E-state index in [1.807, 2.05) is 0 Å². The van der Waals surface area contributed by atoms with Crippen molar-refractivity contribution >= 4 is 5.91 Å². The molecule has 0 aliphatic heterocycles. The van der Waals surface area contributed by atoms with Gasteiger partial charge in [-0.3, -0.25) is 4.79 Å². The molecule has 0 saturated carbocycles. The number of hydrogen-bond acceptors (Lipinski definition) is 2. The second-order valence-electron chi connectivity index (χ2n) is 4.08. The van der Waals surface area contributed by atoms with Crippen molar-refractivity contribution in [2.75, 3.05) is 14.2 Å². The van der Waals surface area contributed by atoms with Gasteiger partial charge in [-0.05, 0) is 25.2 Å². The monoisotopic (exact) mass is 227 g/mol. The van der Waals surface area contributed by atoms with Gasteiger partial charge in [0.25, 0.3) is 0 Å². The molecule has 16 heavy (non-hydrogen) atoms. The number of nitrogens with one attached hydrogen (secondary N) is 1. The van der Waals surface area contributed by atoms with Gasteiger partial charge in [-0.2, -0.15) is 0 Å². The van der Waals surface area contributed by atoms with Gasteiger partial charge in [0.05, 0.1) is 0 Å². The summed E-state index contributed by atoms with van der Waals surface area (Å²) >= 11 is 0. The lowest BCUT2D eigenvalue weighted by atomic mass is 10.1. The third kappa shape index (κ3) is 6.62. The van der Waals surface area contributed by atoms with Crippen molar-refractivity contribution in [2.24, 2.45) is 5.92 Å². The van der Waals surface area contributed by atoms with Gasteiger partial charge in [0.1, 0.15) is 6.10 Å². The number of carbonyl (C=O) groups excluding carboxylic acids is 1. The van der Waals surface area contributed by atoms with Gasteiger partial charge < -0.3 is 10.1 Å². The standard InChI is InChI=1S/C13H25NO2/c1-5-11(2)9-7-6-8-10-12(16-4)13(15)14-3/h7,9,11-12H,5-6,8,10H2,1-4H3,(H,14,15)/b9-7+. The smallest absolute Gasteiger partial charge is 0.248 e. The molecule has 0 saturated heterocycles. The van der Waals surface area contributed by atoms with E-state index in [-0.39, 0.29) is 12.0 Å². The van der Waals surface area contributed by atoms with E-state index in [0.717, 1.165) is 19.3 Å². The summed E-state index contributed by atoms with van der Waals surface area (Å²) in [7, 11) is 3.21. The van der Waals surface area contributed by atoms with Crippen LogP contribution >= 0.6 is 0 Å². The molecule has 0 aliphatic rings. The first-order chi connectivity index (χ1) is 7.65. The second-order valence-corrected chi connectivity index (χ2v) is 4.08. The van der Waals surface area contributed by atoms with E-state index in [0.29, 0.717) is 5.92 Å². The minimum Gasteiger partial charge on any atom is -0.372 e. The van der Waals surface area contributed by atoms with E-state index in [4.69, 9.17) is 4.74 Å². The molecule has 0 rings (SSSR count). The van der Waals surface area contributed by atoms with Crippen LogP contribution in [0.5, 0.6) is 0 Å². The number of carbonyl (C=O) groups is 1. The molecule has 0 heterocycles. The molecule has 0 aromatic carbocycles. The van der Waals surface area contributed by atoms with Crippen molar-refractivity contribution in [2.45, 2.75) is 45.6 Å². The molecule has 0 aromatic rings. The minimum atomic E-state index is -0.304. The quantitative estimate of drug-likeness (QED) is 0.511. The number of rotatable bonds is 8. The minimum absolute atomic E-state index is 0.0339. The molecule has 3 heteroatoms. The Hall–Kier alpha value is -0.830. The molecule has 94 valence electrons. The van der Waals surface area contributed by atoms with Gasteiger partial charge in [0, 0.05) is 14.2 Å². The van der Waals surface area contributed by atoms with E-state index in [2.05, 4.69) is 31.3 Å². The predicted octanol–water partition coefficient (Wildman–Crippen LogP) is 2.52. The van der Waals surface area contributed by atoms with Crippen LogP contribution in [0.3, 0.4) is 0 Å². The number of likely N-dealkylation sites (N-methyl/N-ethyl adjacent to an activating group) is 1. The Morgan fingerprint density at radius 2 is 2.19 bits per heavy atom. The van der Waals surface area contributed by atoms with E-state index in [1.165, 1.54) is 6.42 Å². The average molecular weight is 227 g/mol. The van der Waals surface area contributed by atoms with Crippen LogP contribution in [-0.2, 0) is 9.53 Å². The molecular weight excluding hydrogens is 202 g/mol. The summed E-state index contributed by atoms with van der Waals surface area (Å²) in [4.78, 5) is 11.3. The molecule has 0 bridgehead atoms. The highest BCUT2D eigenvalue weighted by Crippen LogP contribution is 2.07. The van der Waals surface area contributed by atoms with Gasteiger partial charge in [-0.15, -0.1) is 0 Å². The third-order valence-corrected chi connectivity index (χ3v) is 2.77. The molecule has 0 aromatic heterocycles. The topological polar surface area (TPSA) is 38.3 Å². The molecule has 0 aliphatic carbocycles. The lowest BCUT2D eigenvalue weighted by Gasteiger charge is -2.12. The van der Waals surface area contributed by atoms with Crippen LogP contribution in [0.2, 0.25) is 0 Å². The fourth-order valence-corrected chi connectivity index (χ4v) is 1.40. The van der Waals surface area contributed by atoms with Crippen molar-refractivity contribution in [1.29, 1.82) is 0 Å². The summed E-state index contributed by atoms with van der Waals surface area (Å²) in [6.07, 6.45) is 8.09. The number of hydrogen-bond donors (Lipinski definition) is 1. The highest BCUT2D eigenvalue weighted by molar-refractivity contribution is 5.80. The molecule has 0 radical (unpaired) electrons. The predicted molar refractivity (Wildman–Crippen MR) is 67.3 cm³/mol. The largest absolute Gasteiger partial charge is 0.372 e. The number of methoxy groups -OCH3 is 1. The third-order valence-electron chi connectivity index (χ3n) is 2.77. The normalized spacial score (nSPS) is 15.0. The number of amides is 1. The molecule has 1 N–H and O–H groups in total. The number of allylic oxidation sites excluding steroid dienone is 2. The summed E-state index contributed by atoms with van der Waals surface area (Å²) in [5, 5.41) is 2.60. The lowest BCUT2D eigenvalue weighted by molar-refractivity contribution is -0.130. The summed E-state index contributed by atoms with van der Waals surface area (Å²) in [6, 6.07) is 0. The summed E-state index contributed by atoms with van der Waals surface area (Å²) in [5.74, 6) is 0.616. The number of unbranched alkanes of at least 4 members (excludes halogenated alkanes) is 1. The average Bonchev–Trinajstić information content (AvgIpc) is 2.32. The van der Waals surface area contributed by atoms with Crippen LogP contribution in [-0.4, -0.2) is 26.2 Å². The van der Waals surface area contributed by atoms with Crippen molar-refractivity contribution in [3.8, 4) is 0 Å². The first-order valence-corrected chi connectivity index (χ1v) is 6.06. The zero-order chi connectivity index (χ0) is 12.4. The van der Waals surface area contributed by atoms with Crippen molar-refractivity contribution in [1.82, 2.24) is 5.32 Å². The number of ether oxygens (including phenoxy) is 1. The SMILES string of the molecule is CCC(C)/C=C/CCCC(OC)C(=O)NC. The van der Waals surface area contributed by atoms with Crippen LogP contribution in [0.1, 0.15) is 39.5 Å². The Balaban J connectivity index is 3.71. The maximum absolute atomic E-state index is 11.3. The first-order valence-electron chi connectivity index (χ1n) is 6.06. The molecule has 1 amide bonds. The van der Waals surface area contributed by atoms with E-state index >= 15 is 0 Å². The molecule has 2 unspecified atom stereocenters. The Labute approximate surface area is 99.3 Å². The molecule has 2 atom stereocenters. The molecule has 0 fully saturated rings. The van der Waals surface area contributed by atoms with Gasteiger partial charge in [0.15, 0.2) is 0 Å². The van der Waals surface area contributed by atoms with Gasteiger partial charge in [-0.1, -0.05) is 32.4 Å². The highest BCUT2D eigenvalue weighted by atomic mass is 16.5. The zero-order valence-electron chi connectivity index (χ0n) is 11.0. The van der Waals surface area contributed by atoms with Gasteiger partial charge >= 0.3 is 0 Å². The van der Waals surface area contributed by atoms with Crippen LogP contribution < -0.4 is 5.32 Å². The summed E-state index contributed by atoms with van der Waals surface area (Å²) in [5.41, 5.74) is 0. The van der Waals surface area contributed by atoms with Crippen LogP contribution in [0.15, 0.2) is 12.2 Å². The fraction of sp³-hybridized carbons (Fsp3) is 0.769. The fourth-order valence-electron chi connectivity index (χ4n) is 1.40. The zero-order valence-corrected chi connectivity index (χ0v) is 11.0. The van der Waals surface area contributed by atoms with Crippen molar-refractivity contribution in [3.05, 3.63) is 12.2 Å². The first kappa shape index (κ1) is 15.2. The van der Waals surface area contributed by atoms with E-state index in [9.17, 15) is 4.79 Å². The summed E-state index contributed by atoms with van der Waals surface area (Å²) < 4.78 is 5.12. The van der Waals surface area contributed by atoms with Gasteiger partial charge in [-0.25, -0.2) is 0 Å². The lowest BCUT2D eigenvalue weighted by Crippen LogP contribution is -2.33. The van der Waals surface area contributed by atoms with Crippen LogP contribution in [0, 0.1) is 5.92 Å².